The summed E-state index contributed by atoms with van der Waals surface area (Å²) in [6, 6.07) is 23.0. The third kappa shape index (κ3) is 4.13. The molecular formula is C28H19Cl3N2O2. The molecule has 1 atom stereocenters. The monoisotopic (exact) mass is 520 g/mol. The van der Waals surface area contributed by atoms with Gasteiger partial charge in [-0.3, -0.25) is 9.78 Å². The first-order valence-corrected chi connectivity index (χ1v) is 11.9. The van der Waals surface area contributed by atoms with Crippen LogP contribution in [0.25, 0.3) is 22.0 Å². The molecule has 0 aliphatic heterocycles. The lowest BCUT2D eigenvalue weighted by Crippen LogP contribution is -2.29. The summed E-state index contributed by atoms with van der Waals surface area (Å²) in [5.74, 6) is 0. The van der Waals surface area contributed by atoms with E-state index in [0.717, 1.165) is 10.9 Å². The minimum absolute atomic E-state index is 0.150. The van der Waals surface area contributed by atoms with Crippen LogP contribution in [0.1, 0.15) is 16.7 Å². The molecule has 0 saturated heterocycles. The van der Waals surface area contributed by atoms with E-state index in [2.05, 4.69) is 4.98 Å². The Morgan fingerprint density at radius 3 is 2.31 bits per heavy atom. The van der Waals surface area contributed by atoms with Crippen LogP contribution in [0.5, 0.6) is 0 Å². The molecule has 5 aromatic rings. The van der Waals surface area contributed by atoms with E-state index in [1.54, 1.807) is 72.5 Å². The summed E-state index contributed by atoms with van der Waals surface area (Å²) >= 11 is 19.0. The van der Waals surface area contributed by atoms with Gasteiger partial charge in [0.15, 0.2) is 0 Å². The van der Waals surface area contributed by atoms with Gasteiger partial charge in [-0.15, -0.1) is 0 Å². The Kier molecular flexibility index (Phi) is 6.16. The highest BCUT2D eigenvalue weighted by atomic mass is 35.5. The summed E-state index contributed by atoms with van der Waals surface area (Å²) < 4.78 is 1.57. The first-order valence-electron chi connectivity index (χ1n) is 10.8. The van der Waals surface area contributed by atoms with Crippen LogP contribution in [-0.2, 0) is 12.6 Å². The highest BCUT2D eigenvalue weighted by Gasteiger charge is 2.36. The molecule has 7 heteroatoms. The number of halogens is 3. The highest BCUT2D eigenvalue weighted by Crippen LogP contribution is 2.42. The second-order valence-electron chi connectivity index (χ2n) is 8.27. The smallest absolute Gasteiger partial charge is 0.251 e. The molecule has 4 nitrogen and oxygen atoms in total. The summed E-state index contributed by atoms with van der Waals surface area (Å²) in [7, 11) is 1.72. The Bertz CT molecular complexity index is 1630. The van der Waals surface area contributed by atoms with E-state index in [1.807, 2.05) is 30.3 Å². The van der Waals surface area contributed by atoms with Gasteiger partial charge in [-0.2, -0.15) is 0 Å². The van der Waals surface area contributed by atoms with Crippen LogP contribution < -0.4 is 5.56 Å². The fourth-order valence-electron chi connectivity index (χ4n) is 4.39. The number of aryl methyl sites for hydroxylation is 1. The van der Waals surface area contributed by atoms with Crippen molar-refractivity contribution in [3.63, 3.8) is 0 Å². The Hall–Kier alpha value is -3.15. The molecule has 2 heterocycles. The molecule has 3 aromatic carbocycles. The van der Waals surface area contributed by atoms with Crippen molar-refractivity contribution >= 4 is 45.7 Å². The van der Waals surface area contributed by atoms with Crippen LogP contribution >= 0.6 is 34.8 Å². The minimum atomic E-state index is -1.63. The second kappa shape index (κ2) is 9.14. The topological polar surface area (TPSA) is 55.1 Å². The normalized spacial score (nSPS) is 13.1. The number of aliphatic hydroxyl groups is 1. The molecule has 1 unspecified atom stereocenters. The fraction of sp³-hybridized carbons (Fsp3) is 0.0714. The van der Waals surface area contributed by atoms with Crippen LogP contribution in [-0.4, -0.2) is 14.7 Å². The maximum absolute atomic E-state index is 12.8. The van der Waals surface area contributed by atoms with Gasteiger partial charge in [-0.1, -0.05) is 65.1 Å². The van der Waals surface area contributed by atoms with Gasteiger partial charge in [0, 0.05) is 46.5 Å². The Morgan fingerprint density at radius 2 is 1.60 bits per heavy atom. The maximum atomic E-state index is 12.8. The van der Waals surface area contributed by atoms with Gasteiger partial charge in [-0.25, -0.2) is 0 Å². The number of hydrogen-bond acceptors (Lipinski definition) is 3. The summed E-state index contributed by atoms with van der Waals surface area (Å²) in [6.07, 6.45) is 3.13. The second-order valence-corrected chi connectivity index (χ2v) is 9.55. The zero-order valence-electron chi connectivity index (χ0n) is 18.5. The Balaban J connectivity index is 1.85. The predicted octanol–water partition coefficient (Wildman–Crippen LogP) is 6.84. The molecule has 0 radical (unpaired) electrons. The molecule has 0 amide bonds. The Labute approximate surface area is 217 Å². The molecule has 0 fully saturated rings. The van der Waals surface area contributed by atoms with Gasteiger partial charge < -0.3 is 9.67 Å². The summed E-state index contributed by atoms with van der Waals surface area (Å²) in [6.45, 7) is 0. The number of hydrogen-bond donors (Lipinski definition) is 1. The van der Waals surface area contributed by atoms with Gasteiger partial charge in [0.25, 0.3) is 5.56 Å². The third-order valence-corrected chi connectivity index (χ3v) is 7.04. The average molecular weight is 522 g/mol. The summed E-state index contributed by atoms with van der Waals surface area (Å²) in [5.41, 5.74) is 2.00. The summed E-state index contributed by atoms with van der Waals surface area (Å²) in [5, 5.41) is 14.6. The molecule has 174 valence electrons. The molecule has 0 spiro atoms. The molecule has 0 aliphatic rings. The molecular weight excluding hydrogens is 503 g/mol. The zero-order chi connectivity index (χ0) is 24.7. The van der Waals surface area contributed by atoms with Gasteiger partial charge in [0.2, 0.25) is 0 Å². The lowest BCUT2D eigenvalue weighted by atomic mass is 9.80. The fourth-order valence-corrected chi connectivity index (χ4v) is 4.95. The van der Waals surface area contributed by atoms with E-state index in [-0.39, 0.29) is 5.56 Å². The molecule has 2 aromatic heterocycles. The minimum Gasteiger partial charge on any atom is -0.376 e. The molecule has 0 saturated carbocycles. The van der Waals surface area contributed by atoms with Crippen molar-refractivity contribution in [1.29, 1.82) is 0 Å². The number of nitrogens with zero attached hydrogens (tertiary/aromatic N) is 2. The lowest BCUT2D eigenvalue weighted by Gasteiger charge is -2.31. The Morgan fingerprint density at radius 1 is 0.857 bits per heavy atom. The van der Waals surface area contributed by atoms with Gasteiger partial charge in [0.05, 0.1) is 10.5 Å². The van der Waals surface area contributed by atoms with Crippen LogP contribution in [0.2, 0.25) is 15.1 Å². The standard InChI is InChI=1S/C28H19Cl3N2O2/c1-33-26-10-7-19(14-23(26)22(15-27(33)34)17-3-2-4-21(30)13-17)28(35,18-5-8-20(29)9-6-18)24-16-32-12-11-25(24)31/h2-16,35H,1H3. The van der Waals surface area contributed by atoms with E-state index in [4.69, 9.17) is 34.8 Å². The first kappa shape index (κ1) is 23.6. The number of aromatic nitrogens is 2. The van der Waals surface area contributed by atoms with Crippen molar-refractivity contribution in [2.24, 2.45) is 7.05 Å². The van der Waals surface area contributed by atoms with E-state index in [0.29, 0.717) is 42.8 Å². The quantitative estimate of drug-likeness (QED) is 0.281. The van der Waals surface area contributed by atoms with Crippen LogP contribution in [0.3, 0.4) is 0 Å². The number of benzene rings is 3. The van der Waals surface area contributed by atoms with Gasteiger partial charge in [-0.05, 0) is 64.7 Å². The number of pyridine rings is 2. The van der Waals surface area contributed by atoms with Crippen molar-refractivity contribution in [1.82, 2.24) is 9.55 Å². The molecule has 0 bridgehead atoms. The largest absolute Gasteiger partial charge is 0.376 e. The van der Waals surface area contributed by atoms with Crippen LogP contribution in [0, 0.1) is 0 Å². The first-order chi connectivity index (χ1) is 16.8. The van der Waals surface area contributed by atoms with Gasteiger partial charge >= 0.3 is 0 Å². The van der Waals surface area contributed by atoms with Crippen molar-refractivity contribution < 1.29 is 5.11 Å². The highest BCUT2D eigenvalue weighted by molar-refractivity contribution is 6.31. The van der Waals surface area contributed by atoms with E-state index in [1.165, 1.54) is 0 Å². The maximum Gasteiger partial charge on any atom is 0.251 e. The van der Waals surface area contributed by atoms with Crippen molar-refractivity contribution in [3.05, 3.63) is 133 Å². The third-order valence-electron chi connectivity index (χ3n) is 6.22. The zero-order valence-corrected chi connectivity index (χ0v) is 20.8. The molecule has 35 heavy (non-hydrogen) atoms. The predicted molar refractivity (Wildman–Crippen MR) is 142 cm³/mol. The lowest BCUT2D eigenvalue weighted by molar-refractivity contribution is 0.125. The number of rotatable bonds is 4. The van der Waals surface area contributed by atoms with Crippen LogP contribution in [0.4, 0.5) is 0 Å². The van der Waals surface area contributed by atoms with Crippen molar-refractivity contribution in [2.75, 3.05) is 0 Å². The molecule has 5 rings (SSSR count). The molecule has 0 aliphatic carbocycles. The SMILES string of the molecule is Cn1c(=O)cc(-c2cccc(Cl)c2)c2cc(C(O)(c3ccc(Cl)cc3)c3cnccc3Cl)ccc21. The van der Waals surface area contributed by atoms with E-state index >= 15 is 0 Å². The van der Waals surface area contributed by atoms with Crippen LogP contribution in [0.15, 0.2) is 96.1 Å². The van der Waals surface area contributed by atoms with E-state index < -0.39 is 5.60 Å². The summed E-state index contributed by atoms with van der Waals surface area (Å²) in [4.78, 5) is 17.0. The van der Waals surface area contributed by atoms with E-state index in [9.17, 15) is 9.90 Å². The van der Waals surface area contributed by atoms with Gasteiger partial charge in [0.1, 0.15) is 5.60 Å². The molecule has 1 N–H and O–H groups in total. The van der Waals surface area contributed by atoms with Crippen molar-refractivity contribution in [2.45, 2.75) is 5.60 Å². The number of fused-ring (bicyclic) bond motifs is 1. The average Bonchev–Trinajstić information content (AvgIpc) is 2.86. The van der Waals surface area contributed by atoms with Crippen molar-refractivity contribution in [3.8, 4) is 11.1 Å².